The molecule has 59 heavy (non-hydrogen) atoms. The van der Waals surface area contributed by atoms with Gasteiger partial charge in [-0.15, -0.1) is 0 Å². The summed E-state index contributed by atoms with van der Waals surface area (Å²) in [5.74, 6) is 1.71. The molecular weight excluding hydrogens is 723 g/mol. The van der Waals surface area contributed by atoms with Crippen LogP contribution in [0.2, 0.25) is 0 Å². The van der Waals surface area contributed by atoms with E-state index in [0.717, 1.165) is 71.3 Å². The zero-order valence-corrected chi connectivity index (χ0v) is 31.5. The highest BCUT2D eigenvalue weighted by atomic mass is 16.3. The Kier molecular flexibility index (Phi) is 6.63. The van der Waals surface area contributed by atoms with Crippen LogP contribution in [-0.4, -0.2) is 24.1 Å². The number of furan rings is 1. The average Bonchev–Trinajstić information content (AvgIpc) is 3.96. The Bertz CT molecular complexity index is 3800. The first-order valence-electron chi connectivity index (χ1n) is 19.9. The van der Waals surface area contributed by atoms with Gasteiger partial charge < -0.3 is 8.98 Å². The molecule has 0 aliphatic rings. The highest BCUT2D eigenvalue weighted by Crippen LogP contribution is 2.42. The zero-order chi connectivity index (χ0) is 38.6. The van der Waals surface area contributed by atoms with Crippen LogP contribution in [0.5, 0.6) is 0 Å². The van der Waals surface area contributed by atoms with E-state index in [-0.39, 0.29) is 0 Å². The molecule has 4 aromatic heterocycles. The van der Waals surface area contributed by atoms with Crippen LogP contribution in [0.25, 0.3) is 122 Å². The quantitative estimate of drug-likeness (QED) is 0.180. The minimum absolute atomic E-state index is 0.544. The van der Waals surface area contributed by atoms with Crippen LogP contribution in [-0.2, 0) is 0 Å². The van der Waals surface area contributed by atoms with E-state index in [1.807, 2.05) is 30.3 Å². The lowest BCUT2D eigenvalue weighted by Crippen LogP contribution is -2.06. The van der Waals surface area contributed by atoms with Gasteiger partial charge in [-0.3, -0.25) is 4.57 Å². The van der Waals surface area contributed by atoms with Crippen molar-refractivity contribution in [1.29, 1.82) is 0 Å². The third kappa shape index (κ3) is 4.65. The third-order valence-electron chi connectivity index (χ3n) is 12.0. The van der Waals surface area contributed by atoms with Crippen LogP contribution in [0.3, 0.4) is 0 Å². The molecule has 0 atom stereocenters. The molecule has 0 spiro atoms. The molecule has 13 rings (SSSR count). The number of hydrogen-bond acceptors (Lipinski definition) is 4. The van der Waals surface area contributed by atoms with E-state index < -0.39 is 0 Å². The predicted octanol–water partition coefficient (Wildman–Crippen LogP) is 13.6. The van der Waals surface area contributed by atoms with Crippen molar-refractivity contribution < 1.29 is 4.42 Å². The van der Waals surface area contributed by atoms with Crippen LogP contribution < -0.4 is 0 Å². The van der Waals surface area contributed by atoms with Crippen molar-refractivity contribution in [3.05, 3.63) is 188 Å². The zero-order valence-electron chi connectivity index (χ0n) is 31.5. The SMILES string of the molecule is c1ccc(-c2nc(-c3cc4oc5ccccc5c4c4ccccc34)nc(-n3c4ccc(-n5c6ccccc6c6ccccc65)cc4c4c5ccccc5ccc43)n2)cc1. The second kappa shape index (κ2) is 12.2. The number of hydrogen-bond donors (Lipinski definition) is 0. The molecule has 9 aromatic carbocycles. The van der Waals surface area contributed by atoms with E-state index in [1.165, 1.54) is 32.6 Å². The number of fused-ring (bicyclic) bond motifs is 13. The van der Waals surface area contributed by atoms with Gasteiger partial charge in [0, 0.05) is 49.1 Å². The van der Waals surface area contributed by atoms with E-state index in [0.29, 0.717) is 17.6 Å². The molecule has 0 aliphatic heterocycles. The van der Waals surface area contributed by atoms with Crippen LogP contribution in [0.4, 0.5) is 0 Å². The highest BCUT2D eigenvalue weighted by molar-refractivity contribution is 6.23. The van der Waals surface area contributed by atoms with Gasteiger partial charge in [0.1, 0.15) is 11.2 Å². The van der Waals surface area contributed by atoms with Crippen molar-refractivity contribution in [3.63, 3.8) is 0 Å². The van der Waals surface area contributed by atoms with E-state index >= 15 is 0 Å². The second-order valence-corrected chi connectivity index (χ2v) is 15.2. The number of para-hydroxylation sites is 3. The smallest absolute Gasteiger partial charge is 0.238 e. The average molecular weight is 754 g/mol. The minimum atomic E-state index is 0.544. The van der Waals surface area contributed by atoms with Crippen molar-refractivity contribution in [1.82, 2.24) is 24.1 Å². The summed E-state index contributed by atoms with van der Waals surface area (Å²) >= 11 is 0. The van der Waals surface area contributed by atoms with Crippen LogP contribution >= 0.6 is 0 Å². The predicted molar refractivity (Wildman–Crippen MR) is 242 cm³/mol. The van der Waals surface area contributed by atoms with Gasteiger partial charge in [0.05, 0.1) is 22.1 Å². The molecule has 0 bridgehead atoms. The van der Waals surface area contributed by atoms with Gasteiger partial charge in [0.25, 0.3) is 0 Å². The summed E-state index contributed by atoms with van der Waals surface area (Å²) in [6, 6.07) is 66.1. The minimum Gasteiger partial charge on any atom is -0.456 e. The molecule has 0 radical (unpaired) electrons. The topological polar surface area (TPSA) is 61.7 Å². The molecule has 0 N–H and O–H groups in total. The maximum atomic E-state index is 6.51. The second-order valence-electron chi connectivity index (χ2n) is 15.2. The lowest BCUT2D eigenvalue weighted by Gasteiger charge is -2.13. The van der Waals surface area contributed by atoms with Crippen molar-refractivity contribution in [2.24, 2.45) is 0 Å². The standard InChI is InChI=1S/C53H31N5O/c1-2-15-33(16-3-1)51-54-52(41-31-48-50(39-21-7-6-18-36(39)41)40-22-10-13-25-47(40)59-48)56-53(55-51)58-45-29-27-34(30-42(45)49-35-17-5-4-14-32(35)26-28-46(49)58)57-43-23-11-8-19-37(43)38-20-9-12-24-44(38)57/h1-31H. The summed E-state index contributed by atoms with van der Waals surface area (Å²) in [4.78, 5) is 15.9. The normalized spacial score (nSPS) is 12.1. The molecule has 6 heteroatoms. The Morgan fingerprint density at radius 2 is 0.966 bits per heavy atom. The fourth-order valence-corrected chi connectivity index (χ4v) is 9.41. The molecule has 0 saturated heterocycles. The number of aromatic nitrogens is 5. The van der Waals surface area contributed by atoms with Gasteiger partial charge in [-0.25, -0.2) is 4.98 Å². The summed E-state index contributed by atoms with van der Waals surface area (Å²) in [7, 11) is 0. The maximum absolute atomic E-state index is 6.51. The lowest BCUT2D eigenvalue weighted by atomic mass is 9.98. The van der Waals surface area contributed by atoms with Gasteiger partial charge in [0.15, 0.2) is 11.6 Å². The molecule has 0 amide bonds. The highest BCUT2D eigenvalue weighted by Gasteiger charge is 2.23. The Labute approximate surface area is 336 Å². The van der Waals surface area contributed by atoms with E-state index in [1.54, 1.807) is 0 Å². The monoisotopic (exact) mass is 753 g/mol. The molecule has 4 heterocycles. The summed E-state index contributed by atoms with van der Waals surface area (Å²) in [6.45, 7) is 0. The number of benzene rings is 9. The van der Waals surface area contributed by atoms with Crippen molar-refractivity contribution in [2.75, 3.05) is 0 Å². The summed E-state index contributed by atoms with van der Waals surface area (Å²) < 4.78 is 11.1. The molecule has 274 valence electrons. The van der Waals surface area contributed by atoms with Crippen LogP contribution in [0.1, 0.15) is 0 Å². The molecule has 0 fully saturated rings. The molecule has 13 aromatic rings. The van der Waals surface area contributed by atoms with Crippen LogP contribution in [0.15, 0.2) is 192 Å². The molecule has 0 saturated carbocycles. The summed E-state index contributed by atoms with van der Waals surface area (Å²) in [6.07, 6.45) is 0. The Morgan fingerprint density at radius 3 is 1.76 bits per heavy atom. The maximum Gasteiger partial charge on any atom is 0.238 e. The lowest BCUT2D eigenvalue weighted by molar-refractivity contribution is 0.669. The molecule has 0 unspecified atom stereocenters. The first-order valence-corrected chi connectivity index (χ1v) is 19.9. The van der Waals surface area contributed by atoms with E-state index in [4.69, 9.17) is 19.4 Å². The van der Waals surface area contributed by atoms with Crippen molar-refractivity contribution >= 4 is 87.1 Å². The van der Waals surface area contributed by atoms with Gasteiger partial charge >= 0.3 is 0 Å². The number of nitrogens with zero attached hydrogens (tertiary/aromatic N) is 5. The fraction of sp³-hybridized carbons (Fsp3) is 0. The van der Waals surface area contributed by atoms with Gasteiger partial charge in [0.2, 0.25) is 5.95 Å². The van der Waals surface area contributed by atoms with E-state index in [9.17, 15) is 0 Å². The van der Waals surface area contributed by atoms with Crippen molar-refractivity contribution in [3.8, 4) is 34.4 Å². The molecular formula is C53H31N5O. The largest absolute Gasteiger partial charge is 0.456 e. The van der Waals surface area contributed by atoms with Crippen LogP contribution in [0, 0.1) is 0 Å². The summed E-state index contributed by atoms with van der Waals surface area (Å²) in [5, 5.41) is 11.4. The molecule has 0 aliphatic carbocycles. The number of rotatable bonds is 4. The van der Waals surface area contributed by atoms with E-state index in [2.05, 4.69) is 167 Å². The Balaban J connectivity index is 1.13. The molecule has 6 nitrogen and oxygen atoms in total. The Hall–Kier alpha value is -8.09. The Morgan fingerprint density at radius 1 is 0.356 bits per heavy atom. The fourth-order valence-electron chi connectivity index (χ4n) is 9.41. The third-order valence-corrected chi connectivity index (χ3v) is 12.0. The van der Waals surface area contributed by atoms with Gasteiger partial charge in [-0.2, -0.15) is 9.97 Å². The first kappa shape index (κ1) is 32.0. The first-order chi connectivity index (χ1) is 29.3. The van der Waals surface area contributed by atoms with Gasteiger partial charge in [-0.05, 0) is 70.1 Å². The summed E-state index contributed by atoms with van der Waals surface area (Å²) in [5.41, 5.74) is 8.90. The van der Waals surface area contributed by atoms with Crippen molar-refractivity contribution in [2.45, 2.75) is 0 Å². The van der Waals surface area contributed by atoms with Gasteiger partial charge in [-0.1, -0.05) is 140 Å².